The maximum Gasteiger partial charge on any atom is 0.256 e. The first kappa shape index (κ1) is 20.7. The summed E-state index contributed by atoms with van der Waals surface area (Å²) < 4.78 is 28.1. The van der Waals surface area contributed by atoms with E-state index in [1.165, 1.54) is 16.5 Å². The van der Waals surface area contributed by atoms with Crippen molar-refractivity contribution in [2.24, 2.45) is 0 Å². The third-order valence-corrected chi connectivity index (χ3v) is 7.51. The van der Waals surface area contributed by atoms with Gasteiger partial charge in [0.2, 0.25) is 0 Å². The molecule has 0 amide bonds. The molecule has 0 radical (unpaired) electrons. The van der Waals surface area contributed by atoms with Crippen LogP contribution in [0.25, 0.3) is 10.9 Å². The highest BCUT2D eigenvalue weighted by Crippen LogP contribution is 2.19. The normalized spacial score (nSPS) is 11.9. The zero-order chi connectivity index (χ0) is 21.0. The summed E-state index contributed by atoms with van der Waals surface area (Å²) in [6.07, 6.45) is 3.61. The van der Waals surface area contributed by atoms with Gasteiger partial charge in [-0.05, 0) is 65.4 Å². The van der Waals surface area contributed by atoms with Gasteiger partial charge in [-0.25, -0.2) is 8.42 Å². The molecule has 0 saturated heterocycles. The fourth-order valence-electron chi connectivity index (χ4n) is 3.50. The van der Waals surface area contributed by atoms with Crippen molar-refractivity contribution in [2.75, 3.05) is 6.54 Å². The molecule has 0 aliphatic carbocycles. The summed E-state index contributed by atoms with van der Waals surface area (Å²) in [4.78, 5) is 0.202. The minimum Gasteiger partial charge on any atom is -0.347 e. The Labute approximate surface area is 182 Å². The lowest BCUT2D eigenvalue weighted by Crippen LogP contribution is -2.24. The minimum atomic E-state index is -3.67. The van der Waals surface area contributed by atoms with Gasteiger partial charge in [0, 0.05) is 24.8 Å². The Morgan fingerprint density at radius 2 is 1.40 bits per heavy atom. The van der Waals surface area contributed by atoms with Crippen LogP contribution in [-0.4, -0.2) is 23.4 Å². The number of hydrogen-bond acceptors (Lipinski definition) is 2. The fraction of sp³-hybridized carbons (Fsp3) is 0.167. The zero-order valence-electron chi connectivity index (χ0n) is 16.5. The summed E-state index contributed by atoms with van der Waals surface area (Å²) in [6, 6.07) is 27.1. The molecule has 0 saturated carbocycles. The number of nitrogens with zero attached hydrogens (tertiary/aromatic N) is 2. The van der Waals surface area contributed by atoms with Crippen LogP contribution >= 0.6 is 11.8 Å². The summed E-state index contributed by atoms with van der Waals surface area (Å²) in [5.74, 6) is 0. The molecular formula is C24H23ClN2O2S. The third kappa shape index (κ3) is 4.59. The van der Waals surface area contributed by atoms with E-state index in [1.54, 1.807) is 30.3 Å². The number of aromatic nitrogens is 1. The van der Waals surface area contributed by atoms with Crippen molar-refractivity contribution < 1.29 is 8.42 Å². The molecular weight excluding hydrogens is 416 g/mol. The second-order valence-electron chi connectivity index (χ2n) is 7.21. The summed E-state index contributed by atoms with van der Waals surface area (Å²) in [5, 5.41) is 1.25. The standard InChI is InChI=1S/C24H23ClN2O2S/c25-27(30(28,29)23-7-2-1-3-8-23)19-15-21-12-10-20(11-13-21)14-17-26-18-16-22-6-4-5-9-24(22)26/h1-13,16,18H,14-15,17,19H2. The van der Waals surface area contributed by atoms with Crippen molar-refractivity contribution in [3.8, 4) is 0 Å². The lowest BCUT2D eigenvalue weighted by atomic mass is 10.1. The monoisotopic (exact) mass is 438 g/mol. The number of hydrogen-bond donors (Lipinski definition) is 0. The first-order valence-corrected chi connectivity index (χ1v) is 11.7. The quantitative estimate of drug-likeness (QED) is 0.351. The summed E-state index contributed by atoms with van der Waals surface area (Å²) in [5.41, 5.74) is 3.55. The van der Waals surface area contributed by atoms with Crippen LogP contribution in [0, 0.1) is 0 Å². The molecule has 0 atom stereocenters. The van der Waals surface area contributed by atoms with E-state index in [4.69, 9.17) is 11.8 Å². The third-order valence-electron chi connectivity index (χ3n) is 5.22. The topological polar surface area (TPSA) is 42.3 Å². The predicted octanol–water partition coefficient (Wildman–Crippen LogP) is 5.27. The Morgan fingerprint density at radius 3 is 2.13 bits per heavy atom. The molecule has 0 aliphatic rings. The molecule has 4 aromatic rings. The van der Waals surface area contributed by atoms with Gasteiger partial charge >= 0.3 is 0 Å². The van der Waals surface area contributed by atoms with E-state index in [1.807, 2.05) is 12.1 Å². The van der Waals surface area contributed by atoms with Crippen molar-refractivity contribution in [3.05, 3.63) is 102 Å². The highest BCUT2D eigenvalue weighted by Gasteiger charge is 2.22. The average Bonchev–Trinajstić information content (AvgIpc) is 3.20. The Morgan fingerprint density at radius 1 is 0.767 bits per heavy atom. The van der Waals surface area contributed by atoms with E-state index in [-0.39, 0.29) is 11.4 Å². The molecule has 3 aromatic carbocycles. The van der Waals surface area contributed by atoms with Gasteiger partial charge in [0.05, 0.1) is 4.90 Å². The fourth-order valence-corrected chi connectivity index (χ4v) is 4.89. The largest absolute Gasteiger partial charge is 0.347 e. The molecule has 6 heteroatoms. The summed E-state index contributed by atoms with van der Waals surface area (Å²) in [6.45, 7) is 1.13. The average molecular weight is 439 g/mol. The number of rotatable bonds is 8. The van der Waals surface area contributed by atoms with Crippen LogP contribution in [0.4, 0.5) is 0 Å². The molecule has 4 nitrogen and oxygen atoms in total. The Hall–Kier alpha value is -2.60. The molecule has 0 aliphatic heterocycles. The highest BCUT2D eigenvalue weighted by molar-refractivity contribution is 7.90. The van der Waals surface area contributed by atoms with Crippen molar-refractivity contribution in [1.82, 2.24) is 8.39 Å². The lowest BCUT2D eigenvalue weighted by molar-refractivity contribution is 0.536. The van der Waals surface area contributed by atoms with E-state index >= 15 is 0 Å². The van der Waals surface area contributed by atoms with Gasteiger partial charge in [0.15, 0.2) is 0 Å². The minimum absolute atomic E-state index is 0.202. The Kier molecular flexibility index (Phi) is 6.23. The smallest absolute Gasteiger partial charge is 0.256 e. The number of fused-ring (bicyclic) bond motifs is 1. The van der Waals surface area contributed by atoms with Gasteiger partial charge in [-0.1, -0.05) is 60.7 Å². The predicted molar refractivity (Wildman–Crippen MR) is 122 cm³/mol. The van der Waals surface area contributed by atoms with E-state index in [0.717, 1.165) is 22.4 Å². The number of benzene rings is 3. The van der Waals surface area contributed by atoms with E-state index in [2.05, 4.69) is 53.2 Å². The van der Waals surface area contributed by atoms with Gasteiger partial charge in [-0.3, -0.25) is 0 Å². The molecule has 0 spiro atoms. The Balaban J connectivity index is 1.33. The van der Waals surface area contributed by atoms with Crippen LogP contribution in [0.5, 0.6) is 0 Å². The van der Waals surface area contributed by atoms with Crippen LogP contribution in [0.3, 0.4) is 0 Å². The molecule has 154 valence electrons. The van der Waals surface area contributed by atoms with Crippen LogP contribution in [-0.2, 0) is 29.4 Å². The molecule has 4 rings (SSSR count). The first-order valence-electron chi connectivity index (χ1n) is 9.89. The number of para-hydroxylation sites is 1. The number of halogens is 1. The molecule has 1 aromatic heterocycles. The summed E-state index contributed by atoms with van der Waals surface area (Å²) >= 11 is 6.09. The van der Waals surface area contributed by atoms with Crippen LogP contribution < -0.4 is 0 Å². The maximum absolute atomic E-state index is 12.5. The van der Waals surface area contributed by atoms with Gasteiger partial charge in [-0.2, -0.15) is 0 Å². The van der Waals surface area contributed by atoms with Crippen molar-refractivity contribution >= 4 is 32.7 Å². The van der Waals surface area contributed by atoms with Crippen molar-refractivity contribution in [1.29, 1.82) is 0 Å². The lowest BCUT2D eigenvalue weighted by Gasteiger charge is -2.14. The second-order valence-corrected chi connectivity index (χ2v) is 9.68. The van der Waals surface area contributed by atoms with Crippen molar-refractivity contribution in [3.63, 3.8) is 0 Å². The van der Waals surface area contributed by atoms with Crippen LogP contribution in [0.1, 0.15) is 11.1 Å². The highest BCUT2D eigenvalue weighted by atomic mass is 35.5. The zero-order valence-corrected chi connectivity index (χ0v) is 18.1. The van der Waals surface area contributed by atoms with Crippen LogP contribution in [0.2, 0.25) is 0 Å². The van der Waals surface area contributed by atoms with E-state index in [0.29, 0.717) is 6.42 Å². The molecule has 0 fully saturated rings. The van der Waals surface area contributed by atoms with E-state index < -0.39 is 10.0 Å². The number of aryl methyl sites for hydroxylation is 2. The summed E-state index contributed by atoms with van der Waals surface area (Å²) in [7, 11) is -3.67. The molecule has 30 heavy (non-hydrogen) atoms. The second kappa shape index (κ2) is 9.04. The van der Waals surface area contributed by atoms with E-state index in [9.17, 15) is 8.42 Å². The maximum atomic E-state index is 12.5. The first-order chi connectivity index (χ1) is 14.5. The molecule has 0 unspecified atom stereocenters. The van der Waals surface area contributed by atoms with Crippen LogP contribution in [0.15, 0.2) is 96.0 Å². The number of sulfonamides is 1. The molecule has 0 N–H and O–H groups in total. The van der Waals surface area contributed by atoms with Crippen molar-refractivity contribution in [2.45, 2.75) is 24.3 Å². The Bertz CT molecular complexity index is 1220. The van der Waals surface area contributed by atoms with Gasteiger partial charge < -0.3 is 4.57 Å². The van der Waals surface area contributed by atoms with Gasteiger partial charge in [0.25, 0.3) is 10.0 Å². The SMILES string of the molecule is O=S(=O)(c1ccccc1)N(Cl)CCc1ccc(CCn2ccc3ccccc32)cc1. The van der Waals surface area contributed by atoms with Gasteiger partial charge in [0.1, 0.15) is 0 Å². The van der Waals surface area contributed by atoms with Gasteiger partial charge in [-0.15, -0.1) is 3.82 Å². The molecule has 1 heterocycles. The molecule has 0 bridgehead atoms.